The summed E-state index contributed by atoms with van der Waals surface area (Å²) in [4.78, 5) is 7.22. The van der Waals surface area contributed by atoms with E-state index in [9.17, 15) is 0 Å². The minimum absolute atomic E-state index is 0. The van der Waals surface area contributed by atoms with Crippen LogP contribution in [0.3, 0.4) is 0 Å². The number of halogens is 1. The van der Waals surface area contributed by atoms with Crippen molar-refractivity contribution >= 4 is 29.9 Å². The van der Waals surface area contributed by atoms with E-state index in [1.54, 1.807) is 0 Å². The first-order valence-corrected chi connectivity index (χ1v) is 12.0. The zero-order chi connectivity index (χ0) is 20.9. The lowest BCUT2D eigenvalue weighted by molar-refractivity contribution is -0.0367. The van der Waals surface area contributed by atoms with Gasteiger partial charge in [-0.2, -0.15) is 0 Å². The first kappa shape index (κ1) is 24.8. The molecule has 3 fully saturated rings. The van der Waals surface area contributed by atoms with Crippen LogP contribution in [0.1, 0.15) is 75.8 Å². The number of nitrogens with one attached hydrogen (secondary N) is 1. The summed E-state index contributed by atoms with van der Waals surface area (Å²) in [6.07, 6.45) is 6.36. The maximum absolute atomic E-state index is 6.14. The van der Waals surface area contributed by atoms with Gasteiger partial charge in [-0.1, -0.05) is 38.1 Å². The standard InChI is InChI=1S/C25H39N3O2.HI/c1-4-26-25(27-24-16-23(24)20-9-7-19(8-10-20)18(2)3)28-13-11-21(12-14-28)30-17-22-6-5-15-29-22;/h7-10,18,21-24H,4-6,11-17H2,1-3H3,(H,26,27);1H. The molecule has 1 aromatic carbocycles. The Morgan fingerprint density at radius 3 is 2.55 bits per heavy atom. The number of hydrogen-bond acceptors (Lipinski definition) is 3. The second-order valence-electron chi connectivity index (χ2n) is 9.37. The third-order valence-corrected chi connectivity index (χ3v) is 6.73. The molecule has 174 valence electrons. The van der Waals surface area contributed by atoms with Gasteiger partial charge in [-0.25, -0.2) is 0 Å². The molecule has 2 heterocycles. The molecular weight excluding hydrogens is 501 g/mol. The Labute approximate surface area is 205 Å². The van der Waals surface area contributed by atoms with Gasteiger partial charge in [0.15, 0.2) is 5.96 Å². The van der Waals surface area contributed by atoms with Crippen molar-refractivity contribution in [3.8, 4) is 0 Å². The van der Waals surface area contributed by atoms with E-state index in [0.717, 1.165) is 58.1 Å². The second kappa shape index (κ2) is 11.8. The summed E-state index contributed by atoms with van der Waals surface area (Å²) in [5, 5.41) is 3.75. The predicted octanol–water partition coefficient (Wildman–Crippen LogP) is 4.91. The zero-order valence-corrected chi connectivity index (χ0v) is 21.7. The van der Waals surface area contributed by atoms with E-state index < -0.39 is 0 Å². The van der Waals surface area contributed by atoms with E-state index in [1.165, 1.54) is 24.0 Å². The summed E-state index contributed by atoms with van der Waals surface area (Å²) < 4.78 is 11.8. The van der Waals surface area contributed by atoms with Crippen LogP contribution in [0.25, 0.3) is 0 Å². The lowest BCUT2D eigenvalue weighted by Crippen LogP contribution is -2.48. The summed E-state index contributed by atoms with van der Waals surface area (Å²) in [7, 11) is 0. The first-order chi connectivity index (χ1) is 14.6. The molecule has 2 aliphatic heterocycles. The molecule has 1 aromatic rings. The SMILES string of the molecule is CCN=C(NC1CC1c1ccc(C(C)C)cc1)N1CCC(OCC2CCCO2)CC1.I. The fourth-order valence-corrected chi connectivity index (χ4v) is 4.66. The van der Waals surface area contributed by atoms with Crippen molar-refractivity contribution in [2.75, 3.05) is 32.8 Å². The van der Waals surface area contributed by atoms with Crippen molar-refractivity contribution in [2.24, 2.45) is 4.99 Å². The molecule has 5 nitrogen and oxygen atoms in total. The number of guanidine groups is 1. The number of piperidine rings is 1. The third kappa shape index (κ3) is 6.81. The van der Waals surface area contributed by atoms with Gasteiger partial charge in [0.05, 0.1) is 18.8 Å². The van der Waals surface area contributed by atoms with Crippen LogP contribution in [0.4, 0.5) is 0 Å². The highest BCUT2D eigenvalue weighted by Gasteiger charge is 2.40. The molecule has 2 saturated heterocycles. The van der Waals surface area contributed by atoms with E-state index in [2.05, 4.69) is 55.3 Å². The van der Waals surface area contributed by atoms with E-state index in [0.29, 0.717) is 30.1 Å². The van der Waals surface area contributed by atoms with Gasteiger partial charge in [-0.3, -0.25) is 4.99 Å². The van der Waals surface area contributed by atoms with E-state index in [1.807, 2.05) is 0 Å². The molecule has 3 atom stereocenters. The van der Waals surface area contributed by atoms with E-state index >= 15 is 0 Å². The van der Waals surface area contributed by atoms with Crippen molar-refractivity contribution in [1.29, 1.82) is 0 Å². The third-order valence-electron chi connectivity index (χ3n) is 6.73. The summed E-state index contributed by atoms with van der Waals surface area (Å²) >= 11 is 0. The number of rotatable bonds is 7. The summed E-state index contributed by atoms with van der Waals surface area (Å²) in [5.41, 5.74) is 2.87. The molecule has 6 heteroatoms. The van der Waals surface area contributed by atoms with Gasteiger partial charge in [-0.05, 0) is 56.1 Å². The molecule has 0 aromatic heterocycles. The summed E-state index contributed by atoms with van der Waals surface area (Å²) in [6.45, 7) is 11.1. The van der Waals surface area contributed by atoms with Crippen molar-refractivity contribution in [3.05, 3.63) is 35.4 Å². The van der Waals surface area contributed by atoms with E-state index in [4.69, 9.17) is 14.5 Å². The summed E-state index contributed by atoms with van der Waals surface area (Å²) in [6, 6.07) is 9.72. The lowest BCUT2D eigenvalue weighted by atomic mass is 10.0. The maximum atomic E-state index is 6.14. The average molecular weight is 542 g/mol. The molecule has 1 saturated carbocycles. The number of nitrogens with zero attached hydrogens (tertiary/aromatic N) is 2. The van der Waals surface area contributed by atoms with Crippen molar-refractivity contribution in [3.63, 3.8) is 0 Å². The molecule has 31 heavy (non-hydrogen) atoms. The number of hydrogen-bond donors (Lipinski definition) is 1. The number of likely N-dealkylation sites (tertiary alicyclic amines) is 1. The van der Waals surface area contributed by atoms with Crippen molar-refractivity contribution in [2.45, 2.75) is 83.0 Å². The van der Waals surface area contributed by atoms with Crippen LogP contribution < -0.4 is 5.32 Å². The predicted molar refractivity (Wildman–Crippen MR) is 138 cm³/mol. The molecular formula is C25H40IN3O2. The fourth-order valence-electron chi connectivity index (χ4n) is 4.66. The Hall–Kier alpha value is -0.860. The van der Waals surface area contributed by atoms with Gasteiger partial charge in [-0.15, -0.1) is 24.0 Å². The van der Waals surface area contributed by atoms with Gasteiger partial charge in [0.1, 0.15) is 0 Å². The molecule has 3 aliphatic rings. The van der Waals surface area contributed by atoms with Gasteiger partial charge in [0.25, 0.3) is 0 Å². The van der Waals surface area contributed by atoms with Gasteiger partial charge in [0, 0.05) is 38.2 Å². The van der Waals surface area contributed by atoms with Crippen molar-refractivity contribution in [1.82, 2.24) is 10.2 Å². The number of aliphatic imine (C=N–C) groups is 1. The molecule has 3 unspecified atom stereocenters. The van der Waals surface area contributed by atoms with Crippen LogP contribution in [-0.4, -0.2) is 62.0 Å². The van der Waals surface area contributed by atoms with Crippen LogP contribution in [0.5, 0.6) is 0 Å². The fraction of sp³-hybridized carbons (Fsp3) is 0.720. The minimum Gasteiger partial charge on any atom is -0.376 e. The number of ether oxygens (including phenoxy) is 2. The highest BCUT2D eigenvalue weighted by Crippen LogP contribution is 2.41. The van der Waals surface area contributed by atoms with Crippen LogP contribution in [0, 0.1) is 0 Å². The molecule has 1 N–H and O–H groups in total. The van der Waals surface area contributed by atoms with Crippen LogP contribution in [0.15, 0.2) is 29.3 Å². The molecule has 0 radical (unpaired) electrons. The Morgan fingerprint density at radius 1 is 1.19 bits per heavy atom. The second-order valence-corrected chi connectivity index (χ2v) is 9.37. The monoisotopic (exact) mass is 541 g/mol. The Balaban J connectivity index is 0.00000272. The van der Waals surface area contributed by atoms with Gasteiger partial charge in [0.2, 0.25) is 0 Å². The highest BCUT2D eigenvalue weighted by molar-refractivity contribution is 14.0. The molecule has 4 rings (SSSR count). The van der Waals surface area contributed by atoms with E-state index in [-0.39, 0.29) is 24.0 Å². The largest absolute Gasteiger partial charge is 0.376 e. The van der Waals surface area contributed by atoms with Crippen molar-refractivity contribution < 1.29 is 9.47 Å². The Kier molecular flexibility index (Phi) is 9.47. The van der Waals surface area contributed by atoms with Crippen LogP contribution >= 0.6 is 24.0 Å². The quantitative estimate of drug-likeness (QED) is 0.303. The van der Waals surface area contributed by atoms with Crippen LogP contribution in [0.2, 0.25) is 0 Å². The minimum atomic E-state index is 0. The lowest BCUT2D eigenvalue weighted by Gasteiger charge is -2.34. The Bertz CT molecular complexity index is 695. The van der Waals surface area contributed by atoms with Gasteiger partial charge < -0.3 is 19.7 Å². The van der Waals surface area contributed by atoms with Crippen LogP contribution in [-0.2, 0) is 9.47 Å². The summed E-state index contributed by atoms with van der Waals surface area (Å²) in [5.74, 6) is 2.29. The zero-order valence-electron chi connectivity index (χ0n) is 19.4. The number of benzene rings is 1. The molecule has 0 amide bonds. The average Bonchev–Trinajstić information content (AvgIpc) is 3.33. The molecule has 0 bridgehead atoms. The Morgan fingerprint density at radius 2 is 1.94 bits per heavy atom. The maximum Gasteiger partial charge on any atom is 0.194 e. The molecule has 1 aliphatic carbocycles. The molecule has 0 spiro atoms. The highest BCUT2D eigenvalue weighted by atomic mass is 127. The first-order valence-electron chi connectivity index (χ1n) is 12.0. The van der Waals surface area contributed by atoms with Gasteiger partial charge >= 0.3 is 0 Å². The normalized spacial score (nSPS) is 26.8. The topological polar surface area (TPSA) is 46.1 Å². The smallest absolute Gasteiger partial charge is 0.194 e.